The molecule has 2 aromatic rings. The predicted octanol–water partition coefficient (Wildman–Crippen LogP) is 2.89. The van der Waals surface area contributed by atoms with Gasteiger partial charge in [0.05, 0.1) is 12.1 Å². The van der Waals surface area contributed by atoms with Gasteiger partial charge in [-0.25, -0.2) is 0 Å². The Morgan fingerprint density at radius 1 is 1.28 bits per heavy atom. The minimum Gasteiger partial charge on any atom is -0.459 e. The number of carbonyl (C=O) groups is 2. The van der Waals surface area contributed by atoms with Crippen molar-refractivity contribution in [2.75, 3.05) is 27.3 Å². The zero-order valence-corrected chi connectivity index (χ0v) is 17.1. The van der Waals surface area contributed by atoms with Crippen molar-refractivity contribution in [1.29, 1.82) is 0 Å². The van der Waals surface area contributed by atoms with E-state index in [1.807, 2.05) is 36.5 Å². The average Bonchev–Trinajstić information content (AvgIpc) is 3.10. The monoisotopic (exact) mass is 400 g/mol. The fourth-order valence-corrected chi connectivity index (χ4v) is 3.54. The molecule has 1 aliphatic heterocycles. The molecule has 2 heterocycles. The number of hydrogen-bond donors (Lipinski definition) is 1. The summed E-state index contributed by atoms with van der Waals surface area (Å²) >= 11 is 0. The Morgan fingerprint density at radius 3 is 2.72 bits per heavy atom. The Hall–Kier alpha value is -2.64. The lowest BCUT2D eigenvalue weighted by molar-refractivity contribution is -0.151. The smallest absolute Gasteiger partial charge is 0.288 e. The van der Waals surface area contributed by atoms with Crippen LogP contribution in [0, 0.1) is 0 Å². The molecule has 0 spiro atoms. The van der Waals surface area contributed by atoms with Crippen LogP contribution in [0.2, 0.25) is 0 Å². The summed E-state index contributed by atoms with van der Waals surface area (Å²) in [7, 11) is 3.35. The molecule has 0 bridgehead atoms. The van der Waals surface area contributed by atoms with Crippen LogP contribution in [0.15, 0.2) is 42.3 Å². The largest absolute Gasteiger partial charge is 0.459 e. The molecule has 1 aromatic carbocycles. The standard InChI is InChI=1S/C22H28N2O5/c1-15(26)24-14-18(17-8-4-5-9-19(17)24)16-12-20(22(27)23(2)3)29-21(13-16)28-11-7-6-10-25/h4-5,8-9,12,14,16,21,25H,6-7,10-11,13H2,1-3H3/t16-,21+/m0/s1. The van der Waals surface area contributed by atoms with Crippen LogP contribution in [0.5, 0.6) is 0 Å². The normalized spacial score (nSPS) is 19.0. The first-order valence-electron chi connectivity index (χ1n) is 9.86. The number of ether oxygens (including phenoxy) is 2. The van der Waals surface area contributed by atoms with E-state index in [4.69, 9.17) is 14.6 Å². The fourth-order valence-electron chi connectivity index (χ4n) is 3.54. The Bertz CT molecular complexity index is 915. The van der Waals surface area contributed by atoms with Crippen LogP contribution >= 0.6 is 0 Å². The van der Waals surface area contributed by atoms with Crippen molar-refractivity contribution in [2.45, 2.75) is 38.4 Å². The lowest BCUT2D eigenvalue weighted by atomic mass is 9.92. The van der Waals surface area contributed by atoms with Crippen molar-refractivity contribution in [2.24, 2.45) is 0 Å². The molecule has 1 aromatic heterocycles. The summed E-state index contributed by atoms with van der Waals surface area (Å²) in [4.78, 5) is 26.1. The van der Waals surface area contributed by atoms with Gasteiger partial charge in [0.1, 0.15) is 0 Å². The Morgan fingerprint density at radius 2 is 2.03 bits per heavy atom. The average molecular weight is 400 g/mol. The van der Waals surface area contributed by atoms with Gasteiger partial charge in [-0.15, -0.1) is 0 Å². The Balaban J connectivity index is 1.95. The van der Waals surface area contributed by atoms with E-state index in [0.29, 0.717) is 25.9 Å². The summed E-state index contributed by atoms with van der Waals surface area (Å²) in [6, 6.07) is 7.74. The number of aromatic nitrogens is 1. The van der Waals surface area contributed by atoms with Gasteiger partial charge in [0.15, 0.2) is 5.76 Å². The molecular formula is C22H28N2O5. The molecule has 156 valence electrons. The second kappa shape index (κ2) is 9.24. The number of carbonyl (C=O) groups excluding carboxylic acids is 2. The summed E-state index contributed by atoms with van der Waals surface area (Å²) < 4.78 is 13.3. The molecule has 0 aliphatic carbocycles. The molecule has 0 saturated carbocycles. The van der Waals surface area contributed by atoms with E-state index in [9.17, 15) is 9.59 Å². The third kappa shape index (κ3) is 4.68. The summed E-state index contributed by atoms with van der Waals surface area (Å²) in [5.74, 6) is -0.173. The summed E-state index contributed by atoms with van der Waals surface area (Å²) in [5.41, 5.74) is 1.81. The summed E-state index contributed by atoms with van der Waals surface area (Å²) in [6.45, 7) is 2.09. The van der Waals surface area contributed by atoms with Gasteiger partial charge in [-0.2, -0.15) is 0 Å². The highest BCUT2D eigenvalue weighted by Crippen LogP contribution is 2.36. The first kappa shape index (κ1) is 21.1. The maximum absolute atomic E-state index is 12.6. The molecule has 0 fully saturated rings. The lowest BCUT2D eigenvalue weighted by Crippen LogP contribution is -2.32. The first-order chi connectivity index (χ1) is 13.9. The zero-order valence-electron chi connectivity index (χ0n) is 17.1. The first-order valence-corrected chi connectivity index (χ1v) is 9.86. The van der Waals surface area contributed by atoms with Crippen molar-refractivity contribution < 1.29 is 24.2 Å². The molecule has 29 heavy (non-hydrogen) atoms. The van der Waals surface area contributed by atoms with Gasteiger partial charge in [-0.1, -0.05) is 18.2 Å². The van der Waals surface area contributed by atoms with Gasteiger partial charge in [-0.3, -0.25) is 14.2 Å². The van der Waals surface area contributed by atoms with Gasteiger partial charge in [0.25, 0.3) is 5.91 Å². The van der Waals surface area contributed by atoms with E-state index < -0.39 is 6.29 Å². The minimum absolute atomic E-state index is 0.0649. The molecule has 7 nitrogen and oxygen atoms in total. The number of para-hydroxylation sites is 1. The SMILES string of the molecule is CC(=O)n1cc([C@H]2C=C(C(=O)N(C)C)O[C@@H](OCCCCO)C2)c2ccccc21. The Labute approximate surface area is 170 Å². The van der Waals surface area contributed by atoms with E-state index in [1.54, 1.807) is 18.7 Å². The van der Waals surface area contributed by atoms with Gasteiger partial charge < -0.3 is 19.5 Å². The molecule has 0 unspecified atom stereocenters. The highest BCUT2D eigenvalue weighted by Gasteiger charge is 2.31. The third-order valence-corrected chi connectivity index (χ3v) is 5.01. The van der Waals surface area contributed by atoms with Crippen LogP contribution in [-0.2, 0) is 14.3 Å². The van der Waals surface area contributed by atoms with Crippen LogP contribution in [0.25, 0.3) is 10.9 Å². The summed E-state index contributed by atoms with van der Waals surface area (Å²) in [5, 5.41) is 9.92. The molecule has 2 atom stereocenters. The number of allylic oxidation sites excluding steroid dienone is 1. The number of aliphatic hydroxyl groups is 1. The number of rotatable bonds is 7. The van der Waals surface area contributed by atoms with Gasteiger partial charge in [0.2, 0.25) is 12.2 Å². The predicted molar refractivity (Wildman–Crippen MR) is 110 cm³/mol. The van der Waals surface area contributed by atoms with Gasteiger partial charge in [0, 0.05) is 51.5 Å². The molecule has 1 amide bonds. The molecular weight excluding hydrogens is 372 g/mol. The number of unbranched alkanes of at least 4 members (excludes halogenated alkanes) is 1. The van der Waals surface area contributed by atoms with E-state index in [1.165, 1.54) is 11.8 Å². The number of aliphatic hydroxyl groups excluding tert-OH is 1. The number of benzene rings is 1. The topological polar surface area (TPSA) is 81.0 Å². The highest BCUT2D eigenvalue weighted by atomic mass is 16.7. The van der Waals surface area contributed by atoms with Crippen LogP contribution in [-0.4, -0.2) is 60.0 Å². The molecule has 3 rings (SSSR count). The quantitative estimate of drug-likeness (QED) is 0.723. The molecule has 1 N–H and O–H groups in total. The van der Waals surface area contributed by atoms with Crippen molar-refractivity contribution >= 4 is 22.7 Å². The van der Waals surface area contributed by atoms with Crippen molar-refractivity contribution in [3.63, 3.8) is 0 Å². The molecule has 0 saturated heterocycles. The number of hydrogen-bond acceptors (Lipinski definition) is 5. The summed E-state index contributed by atoms with van der Waals surface area (Å²) in [6.07, 6.45) is 5.01. The second-order valence-electron chi connectivity index (χ2n) is 7.41. The van der Waals surface area contributed by atoms with E-state index in [-0.39, 0.29) is 30.1 Å². The van der Waals surface area contributed by atoms with Gasteiger partial charge >= 0.3 is 0 Å². The van der Waals surface area contributed by atoms with Crippen LogP contribution in [0.4, 0.5) is 0 Å². The van der Waals surface area contributed by atoms with Crippen LogP contribution < -0.4 is 0 Å². The van der Waals surface area contributed by atoms with Crippen LogP contribution in [0.3, 0.4) is 0 Å². The van der Waals surface area contributed by atoms with Crippen molar-refractivity contribution in [3.8, 4) is 0 Å². The van der Waals surface area contributed by atoms with E-state index in [0.717, 1.165) is 16.5 Å². The second-order valence-corrected chi connectivity index (χ2v) is 7.41. The highest BCUT2D eigenvalue weighted by molar-refractivity contribution is 5.95. The molecule has 1 aliphatic rings. The molecule has 0 radical (unpaired) electrons. The Kier molecular flexibility index (Phi) is 6.71. The zero-order chi connectivity index (χ0) is 21.0. The van der Waals surface area contributed by atoms with E-state index >= 15 is 0 Å². The number of nitrogens with zero attached hydrogens (tertiary/aromatic N) is 2. The third-order valence-electron chi connectivity index (χ3n) is 5.01. The maximum Gasteiger partial charge on any atom is 0.288 e. The van der Waals surface area contributed by atoms with Crippen LogP contribution in [0.1, 0.15) is 42.5 Å². The number of fused-ring (bicyclic) bond motifs is 1. The maximum atomic E-state index is 12.6. The van der Waals surface area contributed by atoms with Crippen molar-refractivity contribution in [3.05, 3.63) is 47.9 Å². The minimum atomic E-state index is -0.568. The van der Waals surface area contributed by atoms with Crippen molar-refractivity contribution in [1.82, 2.24) is 9.47 Å². The lowest BCUT2D eigenvalue weighted by Gasteiger charge is -2.30. The molecule has 7 heteroatoms. The fraction of sp³-hybridized carbons (Fsp3) is 0.455. The van der Waals surface area contributed by atoms with E-state index in [2.05, 4.69) is 0 Å². The number of likely N-dealkylation sites (N-methyl/N-ethyl adjacent to an activating group) is 1. The number of amides is 1. The van der Waals surface area contributed by atoms with Gasteiger partial charge in [-0.05, 0) is 30.5 Å².